The highest BCUT2D eigenvalue weighted by Gasteiger charge is 1.71. The van der Waals surface area contributed by atoms with Gasteiger partial charge in [0.1, 0.15) is 0 Å². The van der Waals surface area contributed by atoms with Crippen molar-refractivity contribution in [2.24, 2.45) is 0 Å². The minimum absolute atomic E-state index is 0.303. The minimum atomic E-state index is 0.303. The van der Waals surface area contributed by atoms with Gasteiger partial charge in [0.05, 0.1) is 0 Å². The molecule has 4 heavy (non-hydrogen) atoms. The summed E-state index contributed by atoms with van der Waals surface area (Å²) in [6.45, 7) is 7.03. The third-order valence-electron chi connectivity index (χ3n) is 0. The molecule has 0 rings (SSSR count). The first-order valence-corrected chi connectivity index (χ1v) is 2.28. The van der Waals surface area contributed by atoms with Crippen LogP contribution in [0, 0.1) is 13.8 Å². The van der Waals surface area contributed by atoms with Crippen LogP contribution >= 0.6 is 22.6 Å². The second-order valence-corrected chi connectivity index (χ2v) is 2.36. The maximum absolute atomic E-state index is 3.51. The molecule has 0 nitrogen and oxygen atoms in total. The van der Waals surface area contributed by atoms with Gasteiger partial charge in [-0.3, -0.25) is 0 Å². The zero-order chi connectivity index (χ0) is 3.58. The lowest BCUT2D eigenvalue weighted by molar-refractivity contribution is 1.50. The van der Waals surface area contributed by atoms with Crippen LogP contribution in [0.25, 0.3) is 0 Å². The van der Waals surface area contributed by atoms with Crippen LogP contribution in [0.5, 0.6) is 0 Å². The van der Waals surface area contributed by atoms with E-state index < -0.39 is 0 Å². The molecule has 0 aromatic rings. The lowest BCUT2D eigenvalue weighted by Crippen LogP contribution is -1.71. The Morgan fingerprint density at radius 3 is 1.50 bits per heavy atom. The third kappa shape index (κ3) is 15.3. The van der Waals surface area contributed by atoms with Gasteiger partial charge in [0.15, 0.2) is 0 Å². The van der Waals surface area contributed by atoms with Crippen LogP contribution in [0.15, 0.2) is 0 Å². The molecular weight excluding hydrogens is 163 g/mol. The zero-order valence-corrected chi connectivity index (χ0v) is 4.53. The van der Waals surface area contributed by atoms with Gasteiger partial charge in [-0.05, 0) is 13.8 Å². The summed E-state index contributed by atoms with van der Waals surface area (Å²) >= 11 is 2.12. The zero-order valence-electron chi connectivity index (χ0n) is 2.37. The van der Waals surface area contributed by atoms with Crippen LogP contribution in [0.3, 0.4) is 0 Å². The molecule has 0 aliphatic carbocycles. The van der Waals surface area contributed by atoms with Gasteiger partial charge in [-0.15, -0.1) is 0 Å². The quantitative estimate of drug-likeness (QED) is 0.379. The summed E-state index contributed by atoms with van der Waals surface area (Å²) in [5.41, 5.74) is 0. The van der Waals surface area contributed by atoms with Crippen LogP contribution in [0.1, 0.15) is 0 Å². The monoisotopic (exact) mass is 168 g/mol. The van der Waals surface area contributed by atoms with Gasteiger partial charge in [0.2, 0.25) is 0 Å². The summed E-state index contributed by atoms with van der Waals surface area (Å²) in [7, 11) is 0. The SMILES string of the molecule is [CH2]C([CH2])I. The summed E-state index contributed by atoms with van der Waals surface area (Å²) in [6, 6.07) is 0. The smallest absolute Gasteiger partial charge is 0.0110 e. The number of halogens is 1. The van der Waals surface area contributed by atoms with E-state index in [2.05, 4.69) is 36.4 Å². The standard InChI is InChI=1S/C3H5I/c1-3(2)4/h3H,1-2H2. The molecular formula is C3H5I. The Hall–Kier alpha value is 0.730. The van der Waals surface area contributed by atoms with Crippen molar-refractivity contribution in [1.82, 2.24) is 0 Å². The van der Waals surface area contributed by atoms with E-state index >= 15 is 0 Å². The van der Waals surface area contributed by atoms with Gasteiger partial charge in [-0.1, -0.05) is 22.6 Å². The van der Waals surface area contributed by atoms with Crippen molar-refractivity contribution < 1.29 is 0 Å². The van der Waals surface area contributed by atoms with Crippen molar-refractivity contribution in [1.29, 1.82) is 0 Å². The molecule has 0 spiro atoms. The van der Waals surface area contributed by atoms with Crippen molar-refractivity contribution in [2.45, 2.75) is 3.92 Å². The first kappa shape index (κ1) is 4.73. The Kier molecular flexibility index (Phi) is 2.36. The Morgan fingerprint density at radius 2 is 1.50 bits per heavy atom. The fourth-order valence-electron chi connectivity index (χ4n) is 0. The molecule has 1 heteroatoms. The van der Waals surface area contributed by atoms with Crippen LogP contribution < -0.4 is 0 Å². The molecule has 0 fully saturated rings. The van der Waals surface area contributed by atoms with E-state index in [1.807, 2.05) is 0 Å². The molecule has 0 bridgehead atoms. The molecule has 0 heterocycles. The second-order valence-electron chi connectivity index (χ2n) is 0.597. The van der Waals surface area contributed by atoms with Crippen LogP contribution in [-0.4, -0.2) is 3.92 Å². The van der Waals surface area contributed by atoms with Crippen LogP contribution in [0.2, 0.25) is 0 Å². The predicted octanol–water partition coefficient (Wildman–Crippen LogP) is 1.46. The van der Waals surface area contributed by atoms with Crippen molar-refractivity contribution in [3.63, 3.8) is 0 Å². The van der Waals surface area contributed by atoms with Crippen LogP contribution in [-0.2, 0) is 0 Å². The molecule has 0 saturated heterocycles. The summed E-state index contributed by atoms with van der Waals surface area (Å²) in [5.74, 6) is 0. The normalized spacial score (nSPS) is 9.00. The van der Waals surface area contributed by atoms with Crippen molar-refractivity contribution in [3.8, 4) is 0 Å². The predicted molar refractivity (Wildman–Crippen MR) is 28.5 cm³/mol. The molecule has 0 atom stereocenters. The van der Waals surface area contributed by atoms with E-state index in [-0.39, 0.29) is 0 Å². The minimum Gasteiger partial charge on any atom is -0.0826 e. The highest BCUT2D eigenvalue weighted by Crippen LogP contribution is 1.89. The number of hydrogen-bond donors (Lipinski definition) is 0. The van der Waals surface area contributed by atoms with E-state index in [9.17, 15) is 0 Å². The molecule has 0 unspecified atom stereocenters. The second kappa shape index (κ2) is 2.00. The molecule has 0 N–H and O–H groups in total. The van der Waals surface area contributed by atoms with Gasteiger partial charge in [0.25, 0.3) is 0 Å². The highest BCUT2D eigenvalue weighted by molar-refractivity contribution is 14.1. The highest BCUT2D eigenvalue weighted by atomic mass is 127. The number of alkyl halides is 1. The van der Waals surface area contributed by atoms with Crippen molar-refractivity contribution in [3.05, 3.63) is 13.8 Å². The van der Waals surface area contributed by atoms with Gasteiger partial charge in [-0.2, -0.15) is 0 Å². The summed E-state index contributed by atoms with van der Waals surface area (Å²) < 4.78 is 0.303. The summed E-state index contributed by atoms with van der Waals surface area (Å²) in [5, 5.41) is 0. The average Bonchev–Trinajstić information content (AvgIpc) is 0.811. The van der Waals surface area contributed by atoms with Crippen LogP contribution in [0.4, 0.5) is 0 Å². The fraction of sp³-hybridized carbons (Fsp3) is 0.333. The molecule has 0 aromatic carbocycles. The fourth-order valence-corrected chi connectivity index (χ4v) is 0. The summed E-state index contributed by atoms with van der Waals surface area (Å²) in [4.78, 5) is 0. The average molecular weight is 168 g/mol. The first-order chi connectivity index (χ1) is 1.73. The molecule has 0 amide bonds. The lowest BCUT2D eigenvalue weighted by atomic mass is 10.6. The molecule has 0 aliphatic rings. The molecule has 2 radical (unpaired) electrons. The number of rotatable bonds is 0. The van der Waals surface area contributed by atoms with E-state index in [1.165, 1.54) is 0 Å². The third-order valence-corrected chi connectivity index (χ3v) is 0. The maximum atomic E-state index is 3.51. The molecule has 0 saturated carbocycles. The van der Waals surface area contributed by atoms with Crippen molar-refractivity contribution >= 4 is 22.6 Å². The molecule has 0 aliphatic heterocycles. The van der Waals surface area contributed by atoms with Gasteiger partial charge < -0.3 is 0 Å². The Bertz CT molecular complexity index is 8.00. The Morgan fingerprint density at radius 1 is 1.50 bits per heavy atom. The summed E-state index contributed by atoms with van der Waals surface area (Å²) in [6.07, 6.45) is 0. The Labute approximate surface area is 40.7 Å². The van der Waals surface area contributed by atoms with E-state index in [1.54, 1.807) is 0 Å². The topological polar surface area (TPSA) is 0 Å². The van der Waals surface area contributed by atoms with E-state index in [0.29, 0.717) is 3.92 Å². The van der Waals surface area contributed by atoms with Gasteiger partial charge in [-0.25, -0.2) is 0 Å². The van der Waals surface area contributed by atoms with Crippen molar-refractivity contribution in [2.75, 3.05) is 0 Å². The van der Waals surface area contributed by atoms with E-state index in [4.69, 9.17) is 0 Å². The number of hydrogen-bond acceptors (Lipinski definition) is 0. The lowest BCUT2D eigenvalue weighted by Gasteiger charge is -1.75. The molecule has 0 aromatic heterocycles. The maximum Gasteiger partial charge on any atom is 0.0110 e. The molecule has 24 valence electrons. The first-order valence-electron chi connectivity index (χ1n) is 1.03. The van der Waals surface area contributed by atoms with E-state index in [0.717, 1.165) is 0 Å². The van der Waals surface area contributed by atoms with Gasteiger partial charge in [0, 0.05) is 3.92 Å². The largest absolute Gasteiger partial charge is 0.0826 e. The Balaban J connectivity index is 2.32. The van der Waals surface area contributed by atoms with Gasteiger partial charge >= 0.3 is 0 Å².